The molecule has 3 heteroatoms. The molecule has 0 saturated heterocycles. The Bertz CT molecular complexity index is 131. The van der Waals surface area contributed by atoms with Crippen molar-refractivity contribution in [2.24, 2.45) is 5.92 Å². The molecule has 0 aliphatic carbocycles. The minimum Gasteiger partial charge on any atom is -0.466 e. The molecule has 0 bridgehead atoms. The Balaban J connectivity index is -0.000000174. The molecule has 0 aliphatic heterocycles. The van der Waals surface area contributed by atoms with Crippen LogP contribution in [0.4, 0.5) is 0 Å². The second-order valence-electron chi connectivity index (χ2n) is 3.89. The maximum absolute atomic E-state index is 9.82. The third-order valence-corrected chi connectivity index (χ3v) is 1.62. The van der Waals surface area contributed by atoms with Gasteiger partial charge in [0.15, 0.2) is 0 Å². The summed E-state index contributed by atoms with van der Waals surface area (Å²) in [5.41, 5.74) is 0. The van der Waals surface area contributed by atoms with Crippen LogP contribution in [0.15, 0.2) is 0 Å². The molecule has 0 unspecified atom stereocenters. The van der Waals surface area contributed by atoms with E-state index in [9.17, 15) is 4.79 Å². The molecule has 0 spiro atoms. The second kappa shape index (κ2) is 20.8. The van der Waals surface area contributed by atoms with Gasteiger partial charge in [0.25, 0.3) is 0 Å². The normalized spacial score (nSPS) is 8.71. The summed E-state index contributed by atoms with van der Waals surface area (Å²) in [5.74, 6) is 0.688. The Morgan fingerprint density at radius 3 is 1.47 bits per heavy atom. The SMILES string of the molecule is CCCC(C)C.CCOC(C)=O.CCOCC. The van der Waals surface area contributed by atoms with Gasteiger partial charge in [0.2, 0.25) is 0 Å². The van der Waals surface area contributed by atoms with Crippen molar-refractivity contribution in [3.05, 3.63) is 0 Å². The van der Waals surface area contributed by atoms with E-state index in [1.54, 1.807) is 6.92 Å². The van der Waals surface area contributed by atoms with Crippen LogP contribution in [0.1, 0.15) is 61.3 Å². The first-order valence-electron chi connectivity index (χ1n) is 6.67. The van der Waals surface area contributed by atoms with Crippen LogP contribution >= 0.6 is 0 Å². The van der Waals surface area contributed by atoms with Crippen molar-refractivity contribution >= 4 is 5.97 Å². The van der Waals surface area contributed by atoms with Gasteiger partial charge in [-0.3, -0.25) is 4.79 Å². The molecule has 0 aromatic rings. The molecule has 0 aromatic heterocycles. The average molecular weight is 248 g/mol. The van der Waals surface area contributed by atoms with Crippen LogP contribution in [0, 0.1) is 5.92 Å². The molecule has 0 aliphatic rings. The fourth-order valence-corrected chi connectivity index (χ4v) is 0.985. The molecular formula is C14H32O3. The molecule has 0 amide bonds. The molecule has 0 aromatic carbocycles. The van der Waals surface area contributed by atoms with E-state index in [0.29, 0.717) is 6.61 Å². The van der Waals surface area contributed by atoms with Crippen LogP contribution < -0.4 is 0 Å². The van der Waals surface area contributed by atoms with Gasteiger partial charge in [-0.2, -0.15) is 0 Å². The Morgan fingerprint density at radius 2 is 1.47 bits per heavy atom. The lowest BCUT2D eigenvalue weighted by Gasteiger charge is -1.95. The van der Waals surface area contributed by atoms with Crippen LogP contribution in [-0.2, 0) is 14.3 Å². The Labute approximate surface area is 108 Å². The summed E-state index contributed by atoms with van der Waals surface area (Å²) in [4.78, 5) is 9.82. The fourth-order valence-electron chi connectivity index (χ4n) is 0.985. The van der Waals surface area contributed by atoms with Crippen molar-refractivity contribution in [1.82, 2.24) is 0 Å². The summed E-state index contributed by atoms with van der Waals surface area (Å²) in [7, 11) is 0. The van der Waals surface area contributed by atoms with E-state index in [2.05, 4.69) is 25.5 Å². The number of rotatable bonds is 5. The lowest BCUT2D eigenvalue weighted by molar-refractivity contribution is -0.140. The number of hydrogen-bond acceptors (Lipinski definition) is 3. The summed E-state index contributed by atoms with van der Waals surface area (Å²) in [6.07, 6.45) is 2.71. The highest BCUT2D eigenvalue weighted by molar-refractivity contribution is 5.65. The van der Waals surface area contributed by atoms with E-state index >= 15 is 0 Å². The van der Waals surface area contributed by atoms with Gasteiger partial charge in [-0.1, -0.05) is 33.6 Å². The summed E-state index contributed by atoms with van der Waals surface area (Å²) in [5, 5.41) is 0. The maximum Gasteiger partial charge on any atom is 0.302 e. The standard InChI is InChI=1S/C6H14.C4H8O2.C4H10O/c1-4-5-6(2)3;1-3-6-4(2)5;1-3-5-4-2/h6H,4-5H2,1-3H3;3H2,1-2H3;3-4H2,1-2H3. The molecular weight excluding hydrogens is 216 g/mol. The zero-order valence-electron chi connectivity index (χ0n) is 12.8. The molecule has 17 heavy (non-hydrogen) atoms. The molecule has 106 valence electrons. The molecule has 0 rings (SSSR count). The topological polar surface area (TPSA) is 35.5 Å². The van der Waals surface area contributed by atoms with Gasteiger partial charge in [0.1, 0.15) is 0 Å². The number of hydrogen-bond donors (Lipinski definition) is 0. The van der Waals surface area contributed by atoms with E-state index in [4.69, 9.17) is 4.74 Å². The maximum atomic E-state index is 9.82. The third-order valence-electron chi connectivity index (χ3n) is 1.62. The van der Waals surface area contributed by atoms with Gasteiger partial charge in [-0.25, -0.2) is 0 Å². The van der Waals surface area contributed by atoms with Gasteiger partial charge >= 0.3 is 5.97 Å². The highest BCUT2D eigenvalue weighted by Crippen LogP contribution is 2.00. The highest BCUT2D eigenvalue weighted by Gasteiger charge is 1.85. The van der Waals surface area contributed by atoms with Gasteiger partial charge < -0.3 is 9.47 Å². The molecule has 0 saturated carbocycles. The average Bonchev–Trinajstić information content (AvgIpc) is 2.20. The zero-order chi connectivity index (χ0) is 14.1. The predicted molar refractivity (Wildman–Crippen MR) is 74.2 cm³/mol. The van der Waals surface area contributed by atoms with Crippen LogP contribution in [0.2, 0.25) is 0 Å². The smallest absolute Gasteiger partial charge is 0.302 e. The lowest BCUT2D eigenvalue weighted by atomic mass is 10.1. The van der Waals surface area contributed by atoms with E-state index in [1.807, 2.05) is 13.8 Å². The van der Waals surface area contributed by atoms with Crippen molar-refractivity contribution < 1.29 is 14.3 Å². The van der Waals surface area contributed by atoms with Crippen LogP contribution in [0.3, 0.4) is 0 Å². The minimum atomic E-state index is -0.211. The zero-order valence-corrected chi connectivity index (χ0v) is 12.8. The van der Waals surface area contributed by atoms with Crippen molar-refractivity contribution in [3.8, 4) is 0 Å². The lowest BCUT2D eigenvalue weighted by Crippen LogP contribution is -1.95. The molecule has 3 nitrogen and oxygen atoms in total. The van der Waals surface area contributed by atoms with Gasteiger partial charge in [-0.05, 0) is 26.7 Å². The summed E-state index contributed by atoms with van der Waals surface area (Å²) < 4.78 is 9.24. The Hall–Kier alpha value is -0.570. The van der Waals surface area contributed by atoms with Gasteiger partial charge in [-0.15, -0.1) is 0 Å². The third kappa shape index (κ3) is 50.4. The quantitative estimate of drug-likeness (QED) is 0.688. The van der Waals surface area contributed by atoms with Crippen molar-refractivity contribution in [2.75, 3.05) is 19.8 Å². The first-order valence-corrected chi connectivity index (χ1v) is 6.67. The molecule has 0 fully saturated rings. The van der Waals surface area contributed by atoms with E-state index in [-0.39, 0.29) is 5.97 Å². The summed E-state index contributed by atoms with van der Waals surface area (Å²) in [6.45, 7) is 16.0. The number of esters is 1. The van der Waals surface area contributed by atoms with Crippen LogP contribution in [0.5, 0.6) is 0 Å². The van der Waals surface area contributed by atoms with Gasteiger partial charge in [0.05, 0.1) is 6.61 Å². The van der Waals surface area contributed by atoms with Crippen LogP contribution in [0.25, 0.3) is 0 Å². The molecule has 0 N–H and O–H groups in total. The monoisotopic (exact) mass is 248 g/mol. The molecule has 0 radical (unpaired) electrons. The minimum absolute atomic E-state index is 0.211. The van der Waals surface area contributed by atoms with E-state index in [0.717, 1.165) is 19.1 Å². The molecule has 0 heterocycles. The van der Waals surface area contributed by atoms with Gasteiger partial charge in [0, 0.05) is 20.1 Å². The van der Waals surface area contributed by atoms with Crippen molar-refractivity contribution in [2.45, 2.75) is 61.3 Å². The summed E-state index contributed by atoms with van der Waals surface area (Å²) in [6, 6.07) is 0. The van der Waals surface area contributed by atoms with Crippen LogP contribution in [-0.4, -0.2) is 25.8 Å². The second-order valence-corrected chi connectivity index (χ2v) is 3.89. The first-order chi connectivity index (χ1) is 7.95. The van der Waals surface area contributed by atoms with E-state index in [1.165, 1.54) is 19.8 Å². The van der Waals surface area contributed by atoms with Crippen molar-refractivity contribution in [1.29, 1.82) is 0 Å². The number of ether oxygens (including phenoxy) is 2. The number of carbonyl (C=O) groups is 1. The predicted octanol–water partition coefficient (Wildman–Crippen LogP) is 4.05. The van der Waals surface area contributed by atoms with E-state index < -0.39 is 0 Å². The largest absolute Gasteiger partial charge is 0.466 e. The Morgan fingerprint density at radius 1 is 1.00 bits per heavy atom. The van der Waals surface area contributed by atoms with Crippen molar-refractivity contribution in [3.63, 3.8) is 0 Å². The Kier molecular flexibility index (Phi) is 26.5. The highest BCUT2D eigenvalue weighted by atomic mass is 16.5. The number of carbonyl (C=O) groups excluding carboxylic acids is 1. The first kappa shape index (κ1) is 21.7. The summed E-state index contributed by atoms with van der Waals surface area (Å²) >= 11 is 0. The molecule has 0 atom stereocenters. The fraction of sp³-hybridized carbons (Fsp3) is 0.929.